The summed E-state index contributed by atoms with van der Waals surface area (Å²) in [6.45, 7) is 4.96. The van der Waals surface area contributed by atoms with Gasteiger partial charge in [-0.3, -0.25) is 9.59 Å². The lowest BCUT2D eigenvalue weighted by molar-refractivity contribution is -0.122. The van der Waals surface area contributed by atoms with Gasteiger partial charge < -0.3 is 20.9 Å². The first-order valence-electron chi connectivity index (χ1n) is 10.7. The van der Waals surface area contributed by atoms with E-state index in [9.17, 15) is 9.59 Å². The fourth-order valence-electron chi connectivity index (χ4n) is 3.69. The Balaban J connectivity index is 1.36. The zero-order valence-corrected chi connectivity index (χ0v) is 19.2. The fraction of sp³-hybridized carbons (Fsp3) is 0.250. The molecule has 0 bridgehead atoms. The van der Waals surface area contributed by atoms with Gasteiger partial charge in [0.2, 0.25) is 11.8 Å². The minimum atomic E-state index is -0.417. The standard InChI is InChI=1S/C24H25ClN6O2/c1-3-26-21-13-22(28-15(2)27-21)29-18-6-8-19(9-7-18)30-24(33)16-12-23(32)31(14-16)20-10-4-17(25)5-11-20/h4-11,13,16H,3,12,14H2,1-2H3,(H,30,33)(H2,26,27,28,29). The van der Waals surface area contributed by atoms with Crippen LogP contribution in [0.2, 0.25) is 5.02 Å². The van der Waals surface area contributed by atoms with Crippen molar-refractivity contribution in [1.29, 1.82) is 0 Å². The van der Waals surface area contributed by atoms with Gasteiger partial charge in [-0.25, -0.2) is 9.97 Å². The summed E-state index contributed by atoms with van der Waals surface area (Å²) in [6, 6.07) is 16.2. The molecule has 3 N–H and O–H groups in total. The number of benzene rings is 2. The van der Waals surface area contributed by atoms with Gasteiger partial charge in [-0.15, -0.1) is 0 Å². The van der Waals surface area contributed by atoms with E-state index in [0.29, 0.717) is 28.9 Å². The molecule has 4 rings (SSSR count). The van der Waals surface area contributed by atoms with Crippen LogP contribution in [0.5, 0.6) is 0 Å². The number of nitrogens with zero attached hydrogens (tertiary/aromatic N) is 3. The average Bonchev–Trinajstić information content (AvgIpc) is 3.17. The number of carbonyl (C=O) groups excluding carboxylic acids is 2. The number of rotatable bonds is 7. The van der Waals surface area contributed by atoms with E-state index in [1.165, 1.54) is 0 Å². The number of aryl methyl sites for hydroxylation is 1. The van der Waals surface area contributed by atoms with Gasteiger partial charge in [0, 0.05) is 47.7 Å². The van der Waals surface area contributed by atoms with Crippen LogP contribution < -0.4 is 20.9 Å². The van der Waals surface area contributed by atoms with Crippen LogP contribution in [0.25, 0.3) is 0 Å². The number of hydrogen-bond acceptors (Lipinski definition) is 6. The summed E-state index contributed by atoms with van der Waals surface area (Å²) in [5.41, 5.74) is 2.24. The molecule has 1 fully saturated rings. The molecule has 0 aliphatic carbocycles. The number of nitrogens with one attached hydrogen (secondary N) is 3. The molecule has 2 aromatic carbocycles. The van der Waals surface area contributed by atoms with Gasteiger partial charge in [0.05, 0.1) is 5.92 Å². The van der Waals surface area contributed by atoms with Gasteiger partial charge >= 0.3 is 0 Å². The Hall–Kier alpha value is -3.65. The largest absolute Gasteiger partial charge is 0.370 e. The number of halogens is 1. The number of anilines is 5. The molecule has 0 spiro atoms. The van der Waals surface area contributed by atoms with Crippen molar-refractivity contribution in [3.63, 3.8) is 0 Å². The van der Waals surface area contributed by atoms with Gasteiger partial charge in [-0.05, 0) is 62.4 Å². The number of amides is 2. The number of aromatic nitrogens is 2. The second-order valence-corrected chi connectivity index (χ2v) is 8.23. The van der Waals surface area contributed by atoms with Gasteiger partial charge in [0.15, 0.2) is 0 Å². The van der Waals surface area contributed by atoms with Crippen LogP contribution in [0.4, 0.5) is 28.7 Å². The van der Waals surface area contributed by atoms with Crippen molar-refractivity contribution < 1.29 is 9.59 Å². The maximum Gasteiger partial charge on any atom is 0.229 e. The van der Waals surface area contributed by atoms with Crippen LogP contribution >= 0.6 is 11.6 Å². The normalized spacial score (nSPS) is 15.4. The maximum absolute atomic E-state index is 12.8. The molecule has 0 saturated carbocycles. The van der Waals surface area contributed by atoms with Gasteiger partial charge in [0.25, 0.3) is 0 Å². The Bertz CT molecular complexity index is 1150. The number of carbonyl (C=O) groups is 2. The Kier molecular flexibility index (Phi) is 6.74. The van der Waals surface area contributed by atoms with E-state index in [0.717, 1.165) is 23.7 Å². The molecule has 9 heteroatoms. The zero-order valence-electron chi connectivity index (χ0n) is 18.4. The van der Waals surface area contributed by atoms with E-state index in [1.54, 1.807) is 29.2 Å². The lowest BCUT2D eigenvalue weighted by Gasteiger charge is -2.17. The number of hydrogen-bond donors (Lipinski definition) is 3. The molecule has 1 aliphatic rings. The van der Waals surface area contributed by atoms with Crippen molar-refractivity contribution in [1.82, 2.24) is 9.97 Å². The molecule has 1 saturated heterocycles. The molecule has 8 nitrogen and oxygen atoms in total. The first-order chi connectivity index (χ1) is 15.9. The van der Waals surface area contributed by atoms with Crippen LogP contribution in [0.1, 0.15) is 19.2 Å². The quantitative estimate of drug-likeness (QED) is 0.472. The molecule has 2 amide bonds. The van der Waals surface area contributed by atoms with E-state index in [4.69, 9.17) is 11.6 Å². The fourth-order valence-corrected chi connectivity index (χ4v) is 3.81. The summed E-state index contributed by atoms with van der Waals surface area (Å²) in [4.78, 5) is 35.5. The predicted molar refractivity (Wildman–Crippen MR) is 131 cm³/mol. The summed E-state index contributed by atoms with van der Waals surface area (Å²) in [5, 5.41) is 9.94. The summed E-state index contributed by atoms with van der Waals surface area (Å²) >= 11 is 5.93. The van der Waals surface area contributed by atoms with Crippen LogP contribution in [0, 0.1) is 12.8 Å². The Labute approximate surface area is 197 Å². The lowest BCUT2D eigenvalue weighted by atomic mass is 10.1. The smallest absolute Gasteiger partial charge is 0.229 e. The summed E-state index contributed by atoms with van der Waals surface area (Å²) in [7, 11) is 0. The van der Waals surface area contributed by atoms with Crippen LogP contribution in [-0.4, -0.2) is 34.9 Å². The minimum Gasteiger partial charge on any atom is -0.370 e. The summed E-state index contributed by atoms with van der Waals surface area (Å²) in [5.74, 6) is 1.44. The molecule has 3 aromatic rings. The third-order valence-corrected chi connectivity index (χ3v) is 5.51. The monoisotopic (exact) mass is 464 g/mol. The third kappa shape index (κ3) is 5.59. The first kappa shape index (κ1) is 22.5. The van der Waals surface area contributed by atoms with Crippen molar-refractivity contribution in [3.05, 3.63) is 65.4 Å². The predicted octanol–water partition coefficient (Wildman–Crippen LogP) is 4.61. The minimum absolute atomic E-state index is 0.0749. The first-order valence-corrected chi connectivity index (χ1v) is 11.1. The highest BCUT2D eigenvalue weighted by atomic mass is 35.5. The van der Waals surface area contributed by atoms with E-state index in [2.05, 4.69) is 25.9 Å². The highest BCUT2D eigenvalue weighted by molar-refractivity contribution is 6.30. The van der Waals surface area contributed by atoms with Crippen molar-refractivity contribution >= 4 is 52.1 Å². The molecule has 170 valence electrons. The topological polar surface area (TPSA) is 99.2 Å². The van der Waals surface area contributed by atoms with E-state index in [1.807, 2.05) is 44.2 Å². The maximum atomic E-state index is 12.8. The molecular formula is C24H25ClN6O2. The highest BCUT2D eigenvalue weighted by Crippen LogP contribution is 2.27. The van der Waals surface area contributed by atoms with Gasteiger partial charge in [-0.1, -0.05) is 11.6 Å². The van der Waals surface area contributed by atoms with Crippen LogP contribution in [-0.2, 0) is 9.59 Å². The van der Waals surface area contributed by atoms with Crippen molar-refractivity contribution in [2.24, 2.45) is 5.92 Å². The van der Waals surface area contributed by atoms with Crippen LogP contribution in [0.3, 0.4) is 0 Å². The average molecular weight is 465 g/mol. The molecule has 1 unspecified atom stereocenters. The summed E-state index contributed by atoms with van der Waals surface area (Å²) < 4.78 is 0. The zero-order chi connectivity index (χ0) is 23.4. The van der Waals surface area contributed by atoms with Crippen molar-refractivity contribution in [2.75, 3.05) is 33.9 Å². The molecular weight excluding hydrogens is 440 g/mol. The molecule has 1 aromatic heterocycles. The molecule has 33 heavy (non-hydrogen) atoms. The van der Waals surface area contributed by atoms with Crippen LogP contribution in [0.15, 0.2) is 54.6 Å². The Morgan fingerprint density at radius 3 is 2.42 bits per heavy atom. The van der Waals surface area contributed by atoms with Crippen molar-refractivity contribution in [3.8, 4) is 0 Å². The van der Waals surface area contributed by atoms with Gasteiger partial charge in [-0.2, -0.15) is 0 Å². The molecule has 0 radical (unpaired) electrons. The van der Waals surface area contributed by atoms with Crippen molar-refractivity contribution in [2.45, 2.75) is 20.3 Å². The molecule has 1 aliphatic heterocycles. The molecule has 1 atom stereocenters. The second-order valence-electron chi connectivity index (χ2n) is 7.79. The van der Waals surface area contributed by atoms with E-state index in [-0.39, 0.29) is 18.2 Å². The Morgan fingerprint density at radius 1 is 1.06 bits per heavy atom. The lowest BCUT2D eigenvalue weighted by Crippen LogP contribution is -2.28. The van der Waals surface area contributed by atoms with Gasteiger partial charge in [0.1, 0.15) is 17.5 Å². The SMILES string of the molecule is CCNc1cc(Nc2ccc(NC(=O)C3CC(=O)N(c4ccc(Cl)cc4)C3)cc2)nc(C)n1. The second kappa shape index (κ2) is 9.87. The third-order valence-electron chi connectivity index (χ3n) is 5.25. The molecule has 2 heterocycles. The Morgan fingerprint density at radius 2 is 1.73 bits per heavy atom. The van der Waals surface area contributed by atoms with E-state index >= 15 is 0 Å². The highest BCUT2D eigenvalue weighted by Gasteiger charge is 2.35. The van der Waals surface area contributed by atoms with E-state index < -0.39 is 5.92 Å². The summed E-state index contributed by atoms with van der Waals surface area (Å²) in [6.07, 6.45) is 0.176.